The van der Waals surface area contributed by atoms with Gasteiger partial charge in [0.2, 0.25) is 0 Å². The lowest BCUT2D eigenvalue weighted by molar-refractivity contribution is -0.0297. The summed E-state index contributed by atoms with van der Waals surface area (Å²) in [5.41, 5.74) is 5.77. The van der Waals surface area contributed by atoms with Crippen molar-refractivity contribution in [2.45, 2.75) is 31.5 Å². The highest BCUT2D eigenvalue weighted by Gasteiger charge is 2.41. The Kier molecular flexibility index (Phi) is 2.59. The largest absolute Gasteiger partial charge is 0.388 e. The van der Waals surface area contributed by atoms with Gasteiger partial charge in [0.1, 0.15) is 23.5 Å². The number of rotatable bonds is 1. The Morgan fingerprint density at radius 3 is 2.84 bits per heavy atom. The molecule has 0 radical (unpaired) electrons. The number of nitrogens with zero attached hydrogens (tertiary/aromatic N) is 2. The summed E-state index contributed by atoms with van der Waals surface area (Å²) in [5.74, 6) is 0.212. The molecule has 1 saturated heterocycles. The summed E-state index contributed by atoms with van der Waals surface area (Å²) < 4.78 is 6.87. The second-order valence-electron chi connectivity index (χ2n) is 4.65. The van der Waals surface area contributed by atoms with Crippen LogP contribution in [0.15, 0.2) is 17.2 Å². The molecular formula is C11H14N4O4. The Hall–Kier alpha value is -1.90. The zero-order chi connectivity index (χ0) is 13.7. The molecule has 0 saturated carbocycles. The Morgan fingerprint density at radius 1 is 1.47 bits per heavy atom. The Labute approximate surface area is 107 Å². The van der Waals surface area contributed by atoms with Crippen molar-refractivity contribution in [1.82, 2.24) is 14.5 Å². The number of nitrogens with one attached hydrogen (secondary N) is 1. The van der Waals surface area contributed by atoms with Gasteiger partial charge in [-0.3, -0.25) is 9.36 Å². The number of fused-ring (bicyclic) bond motifs is 1. The lowest BCUT2D eigenvalue weighted by Crippen LogP contribution is -2.30. The van der Waals surface area contributed by atoms with Crippen LogP contribution in [0, 0.1) is 0 Å². The van der Waals surface area contributed by atoms with Gasteiger partial charge in [0.25, 0.3) is 5.56 Å². The highest BCUT2D eigenvalue weighted by Crippen LogP contribution is 2.30. The molecule has 1 fully saturated rings. The molecule has 3 heterocycles. The van der Waals surface area contributed by atoms with E-state index < -0.39 is 30.1 Å². The smallest absolute Gasteiger partial charge is 0.275 e. The molecule has 2 aromatic rings. The topological polar surface area (TPSA) is 126 Å². The molecule has 0 bridgehead atoms. The standard InChI is InChI=1S/C11H14N4O4/c1-4-8(16)9(17)11(19-4)15-3-13-5-2-6(12)14-10(18)7(5)15/h2-4,8-9,11,16-17H,1H3,(H3,12,14,18)/t4-,8-,9-,11-/m1/s1. The van der Waals surface area contributed by atoms with E-state index in [1.54, 1.807) is 6.92 Å². The van der Waals surface area contributed by atoms with Crippen molar-refractivity contribution in [3.8, 4) is 0 Å². The van der Waals surface area contributed by atoms with Gasteiger partial charge in [-0.1, -0.05) is 0 Å². The zero-order valence-electron chi connectivity index (χ0n) is 10.1. The van der Waals surface area contributed by atoms with Gasteiger partial charge >= 0.3 is 0 Å². The molecule has 0 aliphatic carbocycles. The minimum Gasteiger partial charge on any atom is -0.388 e. The molecule has 0 spiro atoms. The lowest BCUT2D eigenvalue weighted by Gasteiger charge is -2.16. The molecule has 1 aliphatic rings. The fourth-order valence-corrected chi connectivity index (χ4v) is 2.34. The molecule has 5 N–H and O–H groups in total. The van der Waals surface area contributed by atoms with Crippen molar-refractivity contribution >= 4 is 16.9 Å². The average molecular weight is 266 g/mol. The molecule has 19 heavy (non-hydrogen) atoms. The predicted octanol–water partition coefficient (Wildman–Crippen LogP) is -1.05. The third-order valence-corrected chi connectivity index (χ3v) is 3.34. The van der Waals surface area contributed by atoms with Crippen LogP contribution in [-0.4, -0.2) is 43.1 Å². The van der Waals surface area contributed by atoms with Crippen LogP contribution in [0.25, 0.3) is 11.0 Å². The van der Waals surface area contributed by atoms with Gasteiger partial charge in [0, 0.05) is 6.07 Å². The van der Waals surface area contributed by atoms with E-state index in [4.69, 9.17) is 10.5 Å². The van der Waals surface area contributed by atoms with Gasteiger partial charge in [-0.05, 0) is 6.92 Å². The normalized spacial score (nSPS) is 31.1. The van der Waals surface area contributed by atoms with Crippen LogP contribution >= 0.6 is 0 Å². The average Bonchev–Trinajstić information content (AvgIpc) is 2.86. The summed E-state index contributed by atoms with van der Waals surface area (Å²) in [6.45, 7) is 1.65. The van der Waals surface area contributed by atoms with E-state index in [2.05, 4.69) is 9.97 Å². The molecule has 8 heteroatoms. The minimum absolute atomic E-state index is 0.212. The highest BCUT2D eigenvalue weighted by atomic mass is 16.6. The zero-order valence-corrected chi connectivity index (χ0v) is 10.1. The number of pyridine rings is 1. The number of H-pyrrole nitrogens is 1. The number of nitrogen functional groups attached to an aromatic ring is 1. The number of hydrogen-bond donors (Lipinski definition) is 4. The minimum atomic E-state index is -1.12. The summed E-state index contributed by atoms with van der Waals surface area (Å²) in [6.07, 6.45) is -2.11. The van der Waals surface area contributed by atoms with Gasteiger partial charge < -0.3 is 25.7 Å². The molecule has 2 aromatic heterocycles. The van der Waals surface area contributed by atoms with Crippen LogP contribution in [0.5, 0.6) is 0 Å². The van der Waals surface area contributed by atoms with E-state index in [1.165, 1.54) is 17.0 Å². The fourth-order valence-electron chi connectivity index (χ4n) is 2.34. The van der Waals surface area contributed by atoms with Gasteiger partial charge in [0.15, 0.2) is 6.23 Å². The highest BCUT2D eigenvalue weighted by molar-refractivity contribution is 5.76. The van der Waals surface area contributed by atoms with Crippen LogP contribution in [0.2, 0.25) is 0 Å². The molecule has 0 unspecified atom stereocenters. The quantitative estimate of drug-likeness (QED) is 0.521. The first-order chi connectivity index (χ1) is 8.99. The van der Waals surface area contributed by atoms with E-state index >= 15 is 0 Å². The molecule has 102 valence electrons. The lowest BCUT2D eigenvalue weighted by atomic mass is 10.1. The molecule has 0 aromatic carbocycles. The third kappa shape index (κ3) is 1.72. The van der Waals surface area contributed by atoms with E-state index in [0.717, 1.165) is 0 Å². The van der Waals surface area contributed by atoms with Crippen LogP contribution in [0.3, 0.4) is 0 Å². The first-order valence-electron chi connectivity index (χ1n) is 5.86. The van der Waals surface area contributed by atoms with Crippen LogP contribution in [-0.2, 0) is 4.74 Å². The monoisotopic (exact) mass is 266 g/mol. The van der Waals surface area contributed by atoms with Crippen LogP contribution in [0.1, 0.15) is 13.2 Å². The van der Waals surface area contributed by atoms with Crippen molar-refractivity contribution in [3.63, 3.8) is 0 Å². The van der Waals surface area contributed by atoms with Gasteiger partial charge in [0.05, 0.1) is 17.9 Å². The second-order valence-corrected chi connectivity index (χ2v) is 4.65. The Bertz CT molecular complexity index is 679. The van der Waals surface area contributed by atoms with Crippen LogP contribution < -0.4 is 11.3 Å². The van der Waals surface area contributed by atoms with Crippen molar-refractivity contribution in [2.24, 2.45) is 0 Å². The summed E-state index contributed by atoms with van der Waals surface area (Å²) in [7, 11) is 0. The number of aromatic nitrogens is 3. The predicted molar refractivity (Wildman–Crippen MR) is 66.4 cm³/mol. The number of nitrogens with two attached hydrogens (primary N) is 1. The van der Waals surface area contributed by atoms with Gasteiger partial charge in [-0.2, -0.15) is 0 Å². The number of ether oxygens (including phenoxy) is 1. The summed E-state index contributed by atoms with van der Waals surface area (Å²) in [6, 6.07) is 1.52. The van der Waals surface area contributed by atoms with E-state index in [-0.39, 0.29) is 11.3 Å². The number of aromatic amines is 1. The van der Waals surface area contributed by atoms with E-state index in [0.29, 0.717) is 5.52 Å². The van der Waals surface area contributed by atoms with Crippen molar-refractivity contribution in [1.29, 1.82) is 0 Å². The molecule has 4 atom stereocenters. The first-order valence-corrected chi connectivity index (χ1v) is 5.86. The fraction of sp³-hybridized carbons (Fsp3) is 0.455. The van der Waals surface area contributed by atoms with Gasteiger partial charge in [-0.15, -0.1) is 0 Å². The van der Waals surface area contributed by atoms with Crippen molar-refractivity contribution < 1.29 is 14.9 Å². The maximum absolute atomic E-state index is 11.9. The second kappa shape index (κ2) is 4.05. The maximum Gasteiger partial charge on any atom is 0.275 e. The first kappa shape index (κ1) is 12.2. The molecule has 3 rings (SSSR count). The van der Waals surface area contributed by atoms with E-state index in [1.807, 2.05) is 0 Å². The third-order valence-electron chi connectivity index (χ3n) is 3.34. The SMILES string of the molecule is C[C@H]1O[C@@H](n2cnc3cc(N)[nH]c(=O)c32)[C@H](O)[C@@H]1O. The van der Waals surface area contributed by atoms with Gasteiger partial charge in [-0.25, -0.2) is 4.98 Å². The number of anilines is 1. The summed E-state index contributed by atoms with van der Waals surface area (Å²) >= 11 is 0. The van der Waals surface area contributed by atoms with Crippen LogP contribution in [0.4, 0.5) is 5.82 Å². The maximum atomic E-state index is 11.9. The van der Waals surface area contributed by atoms with Crippen molar-refractivity contribution in [2.75, 3.05) is 5.73 Å². The number of hydrogen-bond acceptors (Lipinski definition) is 6. The molecular weight excluding hydrogens is 252 g/mol. The summed E-state index contributed by atoms with van der Waals surface area (Å²) in [4.78, 5) is 18.4. The molecule has 1 aliphatic heterocycles. The Balaban J connectivity index is 2.15. The Morgan fingerprint density at radius 2 is 2.21 bits per heavy atom. The molecule has 8 nitrogen and oxygen atoms in total. The summed E-state index contributed by atoms with van der Waals surface area (Å²) in [5, 5.41) is 19.7. The number of aliphatic hydroxyl groups is 2. The number of aliphatic hydroxyl groups excluding tert-OH is 2. The van der Waals surface area contributed by atoms with E-state index in [9.17, 15) is 15.0 Å². The number of imidazole rings is 1. The molecule has 0 amide bonds. The van der Waals surface area contributed by atoms with Crippen molar-refractivity contribution in [3.05, 3.63) is 22.7 Å².